The van der Waals surface area contributed by atoms with Crippen molar-refractivity contribution in [3.8, 4) is 11.5 Å². The molecule has 0 aromatic heterocycles. The molecule has 1 heterocycles. The molecule has 0 amide bonds. The molecule has 1 aliphatic rings. The Hall–Kier alpha value is -1.72. The van der Waals surface area contributed by atoms with E-state index in [1.807, 2.05) is 18.2 Å². The van der Waals surface area contributed by atoms with Crippen molar-refractivity contribution in [3.05, 3.63) is 56.9 Å². The van der Waals surface area contributed by atoms with E-state index < -0.39 is 0 Å². The zero-order chi connectivity index (χ0) is 14.3. The van der Waals surface area contributed by atoms with Crippen molar-refractivity contribution >= 4 is 39.6 Å². The van der Waals surface area contributed by atoms with Crippen LogP contribution in [0.5, 0.6) is 11.5 Å². The van der Waals surface area contributed by atoms with E-state index in [1.165, 1.54) is 17.8 Å². The summed E-state index contributed by atoms with van der Waals surface area (Å²) in [6.45, 7) is 0. The van der Waals surface area contributed by atoms with Gasteiger partial charge in [0.05, 0.1) is 9.38 Å². The van der Waals surface area contributed by atoms with Crippen LogP contribution in [0.4, 0.5) is 0 Å². The summed E-state index contributed by atoms with van der Waals surface area (Å²) in [4.78, 5) is 13.7. The van der Waals surface area contributed by atoms with Gasteiger partial charge in [-0.3, -0.25) is 4.79 Å². The largest absolute Gasteiger partial charge is 0.507 e. The van der Waals surface area contributed by atoms with Gasteiger partial charge in [-0.15, -0.1) is 0 Å². The van der Waals surface area contributed by atoms with Crippen LogP contribution >= 0.6 is 27.7 Å². The zero-order valence-electron chi connectivity index (χ0n) is 10.1. The highest BCUT2D eigenvalue weighted by Gasteiger charge is 2.25. The number of phenolic OH excluding ortho intramolecular Hbond substituents is 2. The third-order valence-corrected chi connectivity index (χ3v) is 4.69. The lowest BCUT2D eigenvalue weighted by Gasteiger charge is -2.03. The van der Waals surface area contributed by atoms with Gasteiger partial charge in [-0.25, -0.2) is 0 Å². The van der Waals surface area contributed by atoms with Gasteiger partial charge in [0.15, 0.2) is 0 Å². The molecule has 3 nitrogen and oxygen atoms in total. The number of fused-ring (bicyclic) bond motifs is 1. The number of hydrogen-bond acceptors (Lipinski definition) is 4. The molecular formula is C15H9BrO3S. The molecule has 0 radical (unpaired) electrons. The molecule has 0 aliphatic carbocycles. The van der Waals surface area contributed by atoms with Crippen molar-refractivity contribution < 1.29 is 15.0 Å². The van der Waals surface area contributed by atoms with Gasteiger partial charge in [0.2, 0.25) is 5.78 Å². The van der Waals surface area contributed by atoms with E-state index in [0.29, 0.717) is 20.5 Å². The summed E-state index contributed by atoms with van der Waals surface area (Å²) in [7, 11) is 0. The molecule has 5 heteroatoms. The molecule has 3 rings (SSSR count). The number of carbonyl (C=O) groups is 1. The lowest BCUT2D eigenvalue weighted by atomic mass is 10.1. The van der Waals surface area contributed by atoms with E-state index >= 15 is 0 Å². The number of thioether (sulfide) groups is 1. The zero-order valence-corrected chi connectivity index (χ0v) is 12.5. The lowest BCUT2D eigenvalue weighted by Crippen LogP contribution is -1.93. The molecule has 0 saturated heterocycles. The Labute approximate surface area is 128 Å². The second-order valence-corrected chi connectivity index (χ2v) is 6.24. The molecule has 2 N–H and O–H groups in total. The molecule has 1 aliphatic heterocycles. The SMILES string of the molecule is O=C1C(=Cc2cc(Br)c(O)cc2O)Sc2ccccc21. The van der Waals surface area contributed by atoms with Gasteiger partial charge in [0.25, 0.3) is 0 Å². The van der Waals surface area contributed by atoms with Crippen LogP contribution in [0.15, 0.2) is 50.7 Å². The number of aromatic hydroxyl groups is 2. The van der Waals surface area contributed by atoms with Crippen LogP contribution in [0, 0.1) is 0 Å². The van der Waals surface area contributed by atoms with Crippen molar-refractivity contribution in [2.75, 3.05) is 0 Å². The van der Waals surface area contributed by atoms with Crippen molar-refractivity contribution in [1.29, 1.82) is 0 Å². The highest BCUT2D eigenvalue weighted by molar-refractivity contribution is 9.10. The van der Waals surface area contributed by atoms with Gasteiger partial charge < -0.3 is 10.2 Å². The smallest absolute Gasteiger partial charge is 0.200 e. The number of halogens is 1. The molecule has 100 valence electrons. The predicted octanol–water partition coefficient (Wildman–Crippen LogP) is 4.19. The second kappa shape index (κ2) is 5.00. The molecule has 0 atom stereocenters. The summed E-state index contributed by atoms with van der Waals surface area (Å²) in [6.07, 6.45) is 1.63. The molecular weight excluding hydrogens is 340 g/mol. The van der Waals surface area contributed by atoms with E-state index in [2.05, 4.69) is 15.9 Å². The van der Waals surface area contributed by atoms with Crippen LogP contribution in [-0.4, -0.2) is 16.0 Å². The quantitative estimate of drug-likeness (QED) is 0.758. The molecule has 0 fully saturated rings. The Morgan fingerprint density at radius 1 is 1.10 bits per heavy atom. The van der Waals surface area contributed by atoms with Crippen LogP contribution in [0.1, 0.15) is 15.9 Å². The average Bonchev–Trinajstić information content (AvgIpc) is 2.73. The first-order chi connectivity index (χ1) is 9.56. The first kappa shape index (κ1) is 13.3. The Morgan fingerprint density at radius 2 is 1.85 bits per heavy atom. The number of benzene rings is 2. The Morgan fingerprint density at radius 3 is 2.60 bits per heavy atom. The van der Waals surface area contributed by atoms with Gasteiger partial charge >= 0.3 is 0 Å². The standard InChI is InChI=1S/C15H9BrO3S/c16-10-5-8(11(17)7-12(10)18)6-14-15(19)9-3-1-2-4-13(9)20-14/h1-7,17-18H. The summed E-state index contributed by atoms with van der Waals surface area (Å²) in [6, 6.07) is 10.2. The van der Waals surface area contributed by atoms with E-state index in [4.69, 9.17) is 0 Å². The van der Waals surface area contributed by atoms with Gasteiger partial charge in [-0.05, 0) is 40.2 Å². The van der Waals surface area contributed by atoms with E-state index in [-0.39, 0.29) is 17.3 Å². The normalized spacial score (nSPS) is 15.7. The molecule has 2 aromatic rings. The van der Waals surface area contributed by atoms with Crippen LogP contribution in [0.25, 0.3) is 6.08 Å². The molecule has 20 heavy (non-hydrogen) atoms. The minimum Gasteiger partial charge on any atom is -0.507 e. The third kappa shape index (κ3) is 2.23. The predicted molar refractivity (Wildman–Crippen MR) is 82.1 cm³/mol. The maximum absolute atomic E-state index is 12.2. The minimum absolute atomic E-state index is 0.0432. The van der Waals surface area contributed by atoms with Gasteiger partial charge in [-0.1, -0.05) is 23.9 Å². The maximum Gasteiger partial charge on any atom is 0.200 e. The molecule has 2 aromatic carbocycles. The van der Waals surface area contributed by atoms with Crippen molar-refractivity contribution in [3.63, 3.8) is 0 Å². The Balaban J connectivity index is 2.04. The van der Waals surface area contributed by atoms with Gasteiger partial charge in [0.1, 0.15) is 11.5 Å². The molecule has 0 saturated carbocycles. The van der Waals surface area contributed by atoms with E-state index in [1.54, 1.807) is 18.2 Å². The van der Waals surface area contributed by atoms with Crippen molar-refractivity contribution in [2.45, 2.75) is 4.90 Å². The Kier molecular flexibility index (Phi) is 3.31. The van der Waals surface area contributed by atoms with E-state index in [0.717, 1.165) is 4.90 Å². The molecule has 0 unspecified atom stereocenters. The summed E-state index contributed by atoms with van der Waals surface area (Å²) >= 11 is 4.57. The lowest BCUT2D eigenvalue weighted by molar-refractivity contribution is 0.104. The highest BCUT2D eigenvalue weighted by atomic mass is 79.9. The Bertz CT molecular complexity index is 753. The minimum atomic E-state index is -0.0671. The van der Waals surface area contributed by atoms with Crippen LogP contribution in [-0.2, 0) is 0 Å². The summed E-state index contributed by atoms with van der Waals surface area (Å²) in [5.41, 5.74) is 1.17. The number of Topliss-reactive ketones (excluding diaryl/α,β-unsaturated/α-hetero) is 1. The summed E-state index contributed by atoms with van der Waals surface area (Å²) < 4.78 is 0.468. The first-order valence-electron chi connectivity index (χ1n) is 5.81. The van der Waals surface area contributed by atoms with Crippen molar-refractivity contribution in [1.82, 2.24) is 0 Å². The third-order valence-electron chi connectivity index (χ3n) is 2.96. The topological polar surface area (TPSA) is 57.5 Å². The average molecular weight is 349 g/mol. The van der Waals surface area contributed by atoms with E-state index in [9.17, 15) is 15.0 Å². The monoisotopic (exact) mass is 348 g/mol. The fraction of sp³-hybridized carbons (Fsp3) is 0. The first-order valence-corrected chi connectivity index (χ1v) is 7.42. The number of phenols is 2. The summed E-state index contributed by atoms with van der Waals surface area (Å²) in [5, 5.41) is 19.3. The number of hydrogen-bond donors (Lipinski definition) is 2. The number of carbonyl (C=O) groups excluding carboxylic acids is 1. The maximum atomic E-state index is 12.2. The highest BCUT2D eigenvalue weighted by Crippen LogP contribution is 2.42. The fourth-order valence-electron chi connectivity index (χ4n) is 1.96. The van der Waals surface area contributed by atoms with Gasteiger partial charge in [-0.2, -0.15) is 0 Å². The van der Waals surface area contributed by atoms with Crippen LogP contribution in [0.2, 0.25) is 0 Å². The number of rotatable bonds is 1. The van der Waals surface area contributed by atoms with Crippen LogP contribution < -0.4 is 0 Å². The number of ketones is 1. The van der Waals surface area contributed by atoms with Crippen molar-refractivity contribution in [2.24, 2.45) is 0 Å². The molecule has 0 spiro atoms. The summed E-state index contributed by atoms with van der Waals surface area (Å²) in [5.74, 6) is -0.157. The van der Waals surface area contributed by atoms with Gasteiger partial charge in [0, 0.05) is 22.1 Å². The molecule has 0 bridgehead atoms. The fourth-order valence-corrected chi connectivity index (χ4v) is 3.36. The number of allylic oxidation sites excluding steroid dienone is 1. The second-order valence-electron chi connectivity index (χ2n) is 4.30. The van der Waals surface area contributed by atoms with Crippen LogP contribution in [0.3, 0.4) is 0 Å².